The minimum atomic E-state index is 0.0770. The highest BCUT2D eigenvalue weighted by atomic mass is 16.3. The second kappa shape index (κ2) is 7.80. The predicted octanol–water partition coefficient (Wildman–Crippen LogP) is 8.19. The quantitative estimate of drug-likeness (QED) is 0.237. The van der Waals surface area contributed by atoms with E-state index in [4.69, 9.17) is 4.42 Å². The van der Waals surface area contributed by atoms with Crippen LogP contribution in [0.2, 0.25) is 0 Å². The van der Waals surface area contributed by atoms with Gasteiger partial charge in [-0.25, -0.2) is 4.57 Å². The lowest BCUT2D eigenvalue weighted by Gasteiger charge is -2.22. The lowest BCUT2D eigenvalue weighted by molar-refractivity contribution is -0.660. The molecule has 0 saturated heterocycles. The Kier molecular flexibility index (Phi) is 4.95. The minimum absolute atomic E-state index is 0.0770. The van der Waals surface area contributed by atoms with E-state index in [0.29, 0.717) is 5.56 Å². The van der Waals surface area contributed by atoms with Crippen molar-refractivity contribution in [2.24, 2.45) is 7.05 Å². The fourth-order valence-corrected chi connectivity index (χ4v) is 6.77. The summed E-state index contributed by atoms with van der Waals surface area (Å²) in [5, 5.41) is 12.3. The third-order valence-electron chi connectivity index (χ3n) is 8.35. The molecule has 0 spiro atoms. The number of aryl methyl sites for hydroxylation is 3. The van der Waals surface area contributed by atoms with Crippen LogP contribution in [0.25, 0.3) is 44.3 Å². The van der Waals surface area contributed by atoms with E-state index in [9.17, 15) is 5.26 Å². The first kappa shape index (κ1) is 23.5. The first-order valence-electron chi connectivity index (χ1n) is 13.0. The summed E-state index contributed by atoms with van der Waals surface area (Å²) in [7, 11) is 2.07. The Morgan fingerprint density at radius 1 is 0.811 bits per heavy atom. The molecule has 0 radical (unpaired) electrons. The first-order valence-corrected chi connectivity index (χ1v) is 13.0. The van der Waals surface area contributed by atoms with Crippen molar-refractivity contribution in [2.45, 2.75) is 58.8 Å². The van der Waals surface area contributed by atoms with Crippen molar-refractivity contribution in [2.75, 3.05) is 0 Å². The molecule has 0 amide bonds. The fraction of sp³-hybridized carbons (Fsp3) is 0.294. The monoisotopic (exact) mass is 485 g/mol. The number of hydrogen-bond donors (Lipinski definition) is 0. The number of furan rings is 1. The molecule has 0 aliphatic heterocycles. The molecule has 1 aliphatic carbocycles. The van der Waals surface area contributed by atoms with Crippen molar-refractivity contribution in [3.8, 4) is 28.5 Å². The van der Waals surface area contributed by atoms with Crippen LogP contribution >= 0.6 is 0 Å². The Balaban J connectivity index is 1.68. The largest absolute Gasteiger partial charge is 0.454 e. The molecule has 1 aliphatic rings. The maximum atomic E-state index is 10.1. The molecule has 0 atom stereocenters. The molecule has 0 bridgehead atoms. The number of rotatable bonds is 2. The summed E-state index contributed by atoms with van der Waals surface area (Å²) >= 11 is 0. The smallest absolute Gasteiger partial charge is 0.216 e. The van der Waals surface area contributed by atoms with E-state index in [2.05, 4.69) is 108 Å². The van der Waals surface area contributed by atoms with Crippen molar-refractivity contribution >= 4 is 21.9 Å². The number of aromatic nitrogens is 1. The van der Waals surface area contributed by atoms with Crippen LogP contribution in [0, 0.1) is 25.2 Å². The predicted molar refractivity (Wildman–Crippen MR) is 151 cm³/mol. The van der Waals surface area contributed by atoms with Crippen LogP contribution in [-0.4, -0.2) is 0 Å². The van der Waals surface area contributed by atoms with Crippen LogP contribution in [0.1, 0.15) is 61.9 Å². The highest BCUT2D eigenvalue weighted by Gasteiger charge is 2.42. The van der Waals surface area contributed by atoms with Gasteiger partial charge in [0.05, 0.1) is 17.2 Å². The number of nitriles is 1. The van der Waals surface area contributed by atoms with E-state index in [1.165, 1.54) is 16.7 Å². The summed E-state index contributed by atoms with van der Waals surface area (Å²) in [5.74, 6) is 0. The highest BCUT2D eigenvalue weighted by Crippen LogP contribution is 2.51. The number of pyridine rings is 1. The van der Waals surface area contributed by atoms with Crippen LogP contribution in [0.5, 0.6) is 0 Å². The van der Waals surface area contributed by atoms with E-state index < -0.39 is 0 Å². The van der Waals surface area contributed by atoms with Crippen molar-refractivity contribution in [3.05, 3.63) is 88.6 Å². The molecular formula is C34H33N2O+. The number of fused-ring (bicyclic) bond motifs is 4. The molecule has 5 aromatic rings. The Bertz CT molecular complexity index is 1790. The van der Waals surface area contributed by atoms with Gasteiger partial charge in [-0.05, 0) is 71.0 Å². The molecule has 3 nitrogen and oxygen atoms in total. The topological polar surface area (TPSA) is 40.8 Å². The van der Waals surface area contributed by atoms with E-state index in [0.717, 1.165) is 56.3 Å². The third-order valence-corrected chi connectivity index (χ3v) is 8.35. The van der Waals surface area contributed by atoms with Gasteiger partial charge in [-0.1, -0.05) is 58.0 Å². The number of benzene rings is 3. The van der Waals surface area contributed by atoms with Crippen LogP contribution in [0.4, 0.5) is 0 Å². The summed E-state index contributed by atoms with van der Waals surface area (Å²) in [6.07, 6.45) is 3.20. The molecule has 37 heavy (non-hydrogen) atoms. The van der Waals surface area contributed by atoms with E-state index in [1.807, 2.05) is 12.1 Å². The molecule has 2 aromatic heterocycles. The second-order valence-electron chi connectivity index (χ2n) is 12.1. The molecular weight excluding hydrogens is 452 g/mol. The zero-order chi connectivity index (χ0) is 26.3. The normalized spacial score (nSPS) is 15.7. The first-order chi connectivity index (χ1) is 17.5. The van der Waals surface area contributed by atoms with E-state index >= 15 is 0 Å². The molecule has 0 fully saturated rings. The van der Waals surface area contributed by atoms with Crippen molar-refractivity contribution in [1.82, 2.24) is 0 Å². The average Bonchev–Trinajstić information content (AvgIpc) is 3.30. The average molecular weight is 486 g/mol. The van der Waals surface area contributed by atoms with Crippen molar-refractivity contribution in [3.63, 3.8) is 0 Å². The van der Waals surface area contributed by atoms with Gasteiger partial charge in [0.15, 0.2) is 6.20 Å². The molecule has 3 heteroatoms. The zero-order valence-electron chi connectivity index (χ0n) is 22.8. The van der Waals surface area contributed by atoms with Gasteiger partial charge in [0.2, 0.25) is 5.69 Å². The molecule has 184 valence electrons. The molecule has 0 N–H and O–H groups in total. The molecule has 0 saturated carbocycles. The Morgan fingerprint density at radius 2 is 1.49 bits per heavy atom. The number of hydrogen-bond acceptors (Lipinski definition) is 2. The second-order valence-corrected chi connectivity index (χ2v) is 12.1. The minimum Gasteiger partial charge on any atom is -0.454 e. The maximum absolute atomic E-state index is 10.1. The Hall–Kier alpha value is -3.90. The fourth-order valence-electron chi connectivity index (χ4n) is 6.77. The van der Waals surface area contributed by atoms with Gasteiger partial charge in [-0.3, -0.25) is 0 Å². The zero-order valence-corrected chi connectivity index (χ0v) is 22.8. The van der Waals surface area contributed by atoms with Crippen LogP contribution in [0.15, 0.2) is 65.2 Å². The van der Waals surface area contributed by atoms with Crippen LogP contribution < -0.4 is 4.57 Å². The molecule has 6 rings (SSSR count). The van der Waals surface area contributed by atoms with Gasteiger partial charge >= 0.3 is 0 Å². The SMILES string of the molecule is Cc1cc[n+](C)c(-c2c(C)ccc3c2oc2c(-c4ccc5c(c4)C(C)(C)CC5(C)C)c(C#N)ccc23)c1. The molecule has 2 heterocycles. The summed E-state index contributed by atoms with van der Waals surface area (Å²) in [5.41, 5.74) is 11.8. The van der Waals surface area contributed by atoms with Gasteiger partial charge < -0.3 is 4.42 Å². The Labute approximate surface area is 219 Å². The van der Waals surface area contributed by atoms with Crippen molar-refractivity contribution < 1.29 is 8.98 Å². The summed E-state index contributed by atoms with van der Waals surface area (Å²) in [6, 6.07) is 21.8. The maximum Gasteiger partial charge on any atom is 0.216 e. The van der Waals surface area contributed by atoms with Gasteiger partial charge in [0.1, 0.15) is 18.2 Å². The van der Waals surface area contributed by atoms with Gasteiger partial charge in [0, 0.05) is 28.5 Å². The van der Waals surface area contributed by atoms with Crippen LogP contribution in [-0.2, 0) is 17.9 Å². The number of nitrogens with zero attached hydrogens (tertiary/aromatic N) is 2. The lowest BCUT2D eigenvalue weighted by atomic mass is 9.82. The van der Waals surface area contributed by atoms with E-state index in [1.54, 1.807) is 0 Å². The van der Waals surface area contributed by atoms with Crippen LogP contribution in [0.3, 0.4) is 0 Å². The standard InChI is InChI=1S/C34H33N2O/c1-20-14-15-36(7)28(16-20)29-21(2)8-11-24-25-12-9-23(18-35)30(32(25)37-31(24)29)22-10-13-26-27(17-22)34(5,6)19-33(26,3)4/h8-17H,19H2,1-7H3/q+1. The summed E-state index contributed by atoms with van der Waals surface area (Å²) < 4.78 is 8.94. The van der Waals surface area contributed by atoms with Gasteiger partial charge in [-0.15, -0.1) is 0 Å². The van der Waals surface area contributed by atoms with Crippen molar-refractivity contribution in [1.29, 1.82) is 5.26 Å². The lowest BCUT2D eigenvalue weighted by Crippen LogP contribution is -2.30. The highest BCUT2D eigenvalue weighted by molar-refractivity contribution is 6.14. The van der Waals surface area contributed by atoms with Gasteiger partial charge in [0.25, 0.3) is 0 Å². The third kappa shape index (κ3) is 3.43. The molecule has 3 aromatic carbocycles. The Morgan fingerprint density at radius 3 is 2.22 bits per heavy atom. The summed E-state index contributed by atoms with van der Waals surface area (Å²) in [4.78, 5) is 0. The van der Waals surface area contributed by atoms with E-state index in [-0.39, 0.29) is 10.8 Å². The summed E-state index contributed by atoms with van der Waals surface area (Å²) in [6.45, 7) is 13.6. The molecule has 0 unspecified atom stereocenters. The van der Waals surface area contributed by atoms with Gasteiger partial charge in [-0.2, -0.15) is 5.26 Å².